The zero-order chi connectivity index (χ0) is 19.4. The molecule has 0 bridgehead atoms. The van der Waals surface area contributed by atoms with E-state index in [4.69, 9.17) is 0 Å². The molecule has 0 amide bonds. The van der Waals surface area contributed by atoms with Gasteiger partial charge < -0.3 is 0 Å². The fourth-order valence-electron chi connectivity index (χ4n) is 3.74. The number of hydrogen-bond donors (Lipinski definition) is 0. The average Bonchev–Trinajstić information content (AvgIpc) is 2.73. The fraction of sp³-hybridized carbons (Fsp3) is 0.0400. The molecule has 4 aromatic carbocycles. The normalized spacial score (nSPS) is 11.4. The number of hydrogen-bond acceptors (Lipinski definition) is 0. The largest absolute Gasteiger partial charge is 0.207 e. The molecule has 0 heterocycles. The summed E-state index contributed by atoms with van der Waals surface area (Å²) in [7, 11) is -2.00. The van der Waals surface area contributed by atoms with Gasteiger partial charge in [0.05, 0.1) is 6.16 Å². The SMILES string of the molecule is Fc1cc(Br)cc(C[P+](c2ccccc2)(c2ccccc2)c2ccccc2)c1. The predicted octanol–water partition coefficient (Wildman–Crippen LogP) is 6.08. The third-order valence-electron chi connectivity index (χ3n) is 4.93. The fourth-order valence-corrected chi connectivity index (χ4v) is 8.47. The molecule has 0 spiro atoms. The van der Waals surface area contributed by atoms with Crippen LogP contribution in [0.15, 0.2) is 114 Å². The van der Waals surface area contributed by atoms with Crippen LogP contribution >= 0.6 is 23.2 Å². The highest BCUT2D eigenvalue weighted by atomic mass is 79.9. The van der Waals surface area contributed by atoms with E-state index in [2.05, 4.69) is 88.7 Å². The molecular weight excluding hydrogens is 430 g/mol. The Morgan fingerprint density at radius 2 is 1.04 bits per heavy atom. The molecule has 0 aliphatic carbocycles. The van der Waals surface area contributed by atoms with E-state index in [9.17, 15) is 4.39 Å². The van der Waals surface area contributed by atoms with E-state index in [-0.39, 0.29) is 5.82 Å². The second-order valence-electron chi connectivity index (χ2n) is 6.75. The van der Waals surface area contributed by atoms with E-state index in [1.807, 2.05) is 24.3 Å². The lowest BCUT2D eigenvalue weighted by atomic mass is 10.2. The van der Waals surface area contributed by atoms with Gasteiger partial charge in [-0.05, 0) is 60.2 Å². The van der Waals surface area contributed by atoms with E-state index in [0.717, 1.165) is 16.2 Å². The van der Waals surface area contributed by atoms with Crippen LogP contribution in [0.5, 0.6) is 0 Å². The van der Waals surface area contributed by atoms with Crippen LogP contribution in [0.1, 0.15) is 5.56 Å². The van der Waals surface area contributed by atoms with Gasteiger partial charge in [0.25, 0.3) is 0 Å². The predicted molar refractivity (Wildman–Crippen MR) is 123 cm³/mol. The Morgan fingerprint density at radius 1 is 0.607 bits per heavy atom. The second kappa shape index (κ2) is 8.39. The first-order chi connectivity index (χ1) is 13.7. The Morgan fingerprint density at radius 3 is 1.43 bits per heavy atom. The number of rotatable bonds is 5. The first-order valence-corrected chi connectivity index (χ1v) is 11.9. The zero-order valence-corrected chi connectivity index (χ0v) is 17.8. The molecule has 0 saturated carbocycles. The Labute approximate surface area is 174 Å². The van der Waals surface area contributed by atoms with E-state index in [0.29, 0.717) is 0 Å². The molecule has 0 N–H and O–H groups in total. The van der Waals surface area contributed by atoms with Gasteiger partial charge in [0.15, 0.2) is 0 Å². The molecule has 0 fully saturated rings. The van der Waals surface area contributed by atoms with E-state index >= 15 is 0 Å². The van der Waals surface area contributed by atoms with Gasteiger partial charge in [0.1, 0.15) is 29.0 Å². The molecule has 0 aliphatic rings. The van der Waals surface area contributed by atoms with Gasteiger partial charge in [0, 0.05) is 4.47 Å². The molecule has 0 aromatic heterocycles. The molecular formula is C25H20BrFP+. The molecule has 0 atom stereocenters. The Hall–Kier alpha value is -2.28. The minimum Gasteiger partial charge on any atom is -0.207 e. The topological polar surface area (TPSA) is 0 Å². The summed E-state index contributed by atoms with van der Waals surface area (Å²) in [6, 6.07) is 37.2. The van der Waals surface area contributed by atoms with Crippen molar-refractivity contribution in [2.75, 3.05) is 0 Å². The number of benzene rings is 4. The van der Waals surface area contributed by atoms with Crippen LogP contribution in [-0.4, -0.2) is 0 Å². The van der Waals surface area contributed by atoms with Crippen molar-refractivity contribution in [3.63, 3.8) is 0 Å². The van der Waals surface area contributed by atoms with Crippen LogP contribution in [0.25, 0.3) is 0 Å². The van der Waals surface area contributed by atoms with Crippen LogP contribution in [0, 0.1) is 5.82 Å². The van der Waals surface area contributed by atoms with Crippen molar-refractivity contribution in [3.05, 3.63) is 125 Å². The van der Waals surface area contributed by atoms with Gasteiger partial charge in [-0.15, -0.1) is 0 Å². The summed E-state index contributed by atoms with van der Waals surface area (Å²) >= 11 is 3.46. The maximum Gasteiger partial charge on any atom is 0.124 e. The quantitative estimate of drug-likeness (QED) is 0.323. The summed E-state index contributed by atoms with van der Waals surface area (Å²) in [6.45, 7) is 0. The van der Waals surface area contributed by atoms with Crippen molar-refractivity contribution >= 4 is 39.1 Å². The molecule has 0 aliphatic heterocycles. The smallest absolute Gasteiger partial charge is 0.124 e. The third kappa shape index (κ3) is 3.81. The van der Waals surface area contributed by atoms with Crippen LogP contribution in [-0.2, 0) is 6.16 Å². The summed E-state index contributed by atoms with van der Waals surface area (Å²) in [5.41, 5.74) is 0.997. The maximum absolute atomic E-state index is 14.2. The summed E-state index contributed by atoms with van der Waals surface area (Å²) in [6.07, 6.45) is 0.765. The van der Waals surface area contributed by atoms with Crippen molar-refractivity contribution in [2.24, 2.45) is 0 Å². The Bertz CT molecular complexity index is 933. The second-order valence-corrected chi connectivity index (χ2v) is 11.2. The Balaban J connectivity index is 2.01. The molecule has 4 rings (SSSR count). The minimum atomic E-state index is -2.00. The van der Waals surface area contributed by atoms with Gasteiger partial charge >= 0.3 is 0 Å². The third-order valence-corrected chi connectivity index (χ3v) is 9.77. The van der Waals surface area contributed by atoms with Gasteiger partial charge in [-0.25, -0.2) is 4.39 Å². The van der Waals surface area contributed by atoms with E-state index in [1.54, 1.807) is 6.07 Å². The highest BCUT2D eigenvalue weighted by molar-refractivity contribution is 9.10. The lowest BCUT2D eigenvalue weighted by Crippen LogP contribution is -2.32. The Kier molecular flexibility index (Phi) is 5.71. The van der Waals surface area contributed by atoms with Crippen LogP contribution in [0.2, 0.25) is 0 Å². The van der Waals surface area contributed by atoms with Crippen LogP contribution < -0.4 is 15.9 Å². The molecule has 28 heavy (non-hydrogen) atoms. The van der Waals surface area contributed by atoms with Crippen molar-refractivity contribution in [3.8, 4) is 0 Å². The van der Waals surface area contributed by atoms with Gasteiger partial charge in [-0.1, -0.05) is 70.5 Å². The molecule has 0 radical (unpaired) electrons. The molecule has 0 nitrogen and oxygen atoms in total. The standard InChI is InChI=1S/C25H20BrFP/c26-21-16-20(17-22(27)18-21)19-28(23-10-4-1-5-11-23,24-12-6-2-7-13-24)25-14-8-3-9-15-25/h1-18H,19H2/q+1. The summed E-state index contributed by atoms with van der Waals surface area (Å²) in [4.78, 5) is 0. The summed E-state index contributed by atoms with van der Waals surface area (Å²) in [5, 5.41) is 3.90. The minimum absolute atomic E-state index is 0.211. The first kappa shape index (κ1) is 19.1. The van der Waals surface area contributed by atoms with Gasteiger partial charge in [-0.3, -0.25) is 0 Å². The molecule has 3 heteroatoms. The van der Waals surface area contributed by atoms with Gasteiger partial charge in [-0.2, -0.15) is 0 Å². The van der Waals surface area contributed by atoms with Crippen molar-refractivity contribution in [1.29, 1.82) is 0 Å². The molecule has 138 valence electrons. The maximum atomic E-state index is 14.2. The molecule has 0 unspecified atom stereocenters. The summed E-state index contributed by atoms with van der Waals surface area (Å²) in [5.74, 6) is -0.211. The van der Waals surface area contributed by atoms with E-state index < -0.39 is 7.26 Å². The summed E-state index contributed by atoms with van der Waals surface area (Å²) < 4.78 is 15.0. The van der Waals surface area contributed by atoms with Crippen molar-refractivity contribution < 1.29 is 4.39 Å². The zero-order valence-electron chi connectivity index (χ0n) is 15.3. The highest BCUT2D eigenvalue weighted by Gasteiger charge is 2.45. The molecule has 4 aromatic rings. The van der Waals surface area contributed by atoms with Crippen molar-refractivity contribution in [2.45, 2.75) is 6.16 Å². The van der Waals surface area contributed by atoms with Crippen LogP contribution in [0.3, 0.4) is 0 Å². The average molecular weight is 450 g/mol. The lowest BCUT2D eigenvalue weighted by Gasteiger charge is -2.28. The number of halogens is 2. The van der Waals surface area contributed by atoms with Crippen molar-refractivity contribution in [1.82, 2.24) is 0 Å². The van der Waals surface area contributed by atoms with Gasteiger partial charge in [0.2, 0.25) is 0 Å². The first-order valence-electron chi connectivity index (χ1n) is 9.18. The monoisotopic (exact) mass is 449 g/mol. The van der Waals surface area contributed by atoms with E-state index in [1.165, 1.54) is 22.0 Å². The van der Waals surface area contributed by atoms with Crippen LogP contribution in [0.4, 0.5) is 4.39 Å². The molecule has 0 saturated heterocycles. The lowest BCUT2D eigenvalue weighted by molar-refractivity contribution is 0.625. The highest BCUT2D eigenvalue weighted by Crippen LogP contribution is 2.58.